The molecule has 0 saturated carbocycles. The number of carbonyl (C=O) groups excluding carboxylic acids is 2. The molecule has 0 amide bonds. The first-order valence-electron chi connectivity index (χ1n) is 6.79. The summed E-state index contributed by atoms with van der Waals surface area (Å²) in [6, 6.07) is 5.40. The molecule has 1 heterocycles. The van der Waals surface area contributed by atoms with E-state index in [1.807, 2.05) is 6.07 Å². The van der Waals surface area contributed by atoms with Crippen LogP contribution in [0, 0.1) is 0 Å². The summed E-state index contributed by atoms with van der Waals surface area (Å²) in [5.74, 6) is 0.475. The molecule has 0 saturated heterocycles. The van der Waals surface area contributed by atoms with Gasteiger partial charge in [0.25, 0.3) is 0 Å². The number of nitrogens with one attached hydrogen (secondary N) is 1. The van der Waals surface area contributed by atoms with E-state index in [2.05, 4.69) is 16.5 Å². The highest BCUT2D eigenvalue weighted by Crippen LogP contribution is 2.15. The summed E-state index contributed by atoms with van der Waals surface area (Å²) in [7, 11) is 0. The van der Waals surface area contributed by atoms with Gasteiger partial charge in [-0.25, -0.2) is 9.78 Å². The number of Topliss-reactive ketones (excluding diaryl/α,β-unsaturated/α-hetero) is 1. The van der Waals surface area contributed by atoms with Gasteiger partial charge < -0.3 is 9.72 Å². The van der Waals surface area contributed by atoms with E-state index in [9.17, 15) is 9.59 Å². The highest BCUT2D eigenvalue weighted by atomic mass is 16.5. The zero-order valence-electron chi connectivity index (χ0n) is 12.2. The first kappa shape index (κ1) is 15.0. The van der Waals surface area contributed by atoms with E-state index in [0.717, 1.165) is 16.9 Å². The molecule has 0 unspecified atom stereocenters. The number of imidazole rings is 1. The largest absolute Gasteiger partial charge is 0.462 e. The summed E-state index contributed by atoms with van der Waals surface area (Å²) in [4.78, 5) is 30.2. The minimum atomic E-state index is -0.370. The Labute approximate surface area is 123 Å². The molecule has 0 radical (unpaired) electrons. The lowest BCUT2D eigenvalue weighted by atomic mass is 10.1. The number of H-pyrrole nitrogens is 1. The van der Waals surface area contributed by atoms with Crippen molar-refractivity contribution in [3.63, 3.8) is 0 Å². The Morgan fingerprint density at radius 3 is 2.76 bits per heavy atom. The van der Waals surface area contributed by atoms with Crippen molar-refractivity contribution in [3.8, 4) is 0 Å². The van der Waals surface area contributed by atoms with Crippen LogP contribution in [0.4, 0.5) is 0 Å². The van der Waals surface area contributed by atoms with Crippen molar-refractivity contribution in [2.75, 3.05) is 6.61 Å². The molecule has 0 aliphatic rings. The fourth-order valence-electron chi connectivity index (χ4n) is 1.93. The predicted molar refractivity (Wildman–Crippen MR) is 80.2 cm³/mol. The molecule has 2 rings (SSSR count). The van der Waals surface area contributed by atoms with E-state index in [4.69, 9.17) is 4.74 Å². The fourth-order valence-corrected chi connectivity index (χ4v) is 1.93. The second kappa shape index (κ2) is 6.35. The van der Waals surface area contributed by atoms with Gasteiger partial charge in [0, 0.05) is 17.6 Å². The maximum Gasteiger partial charge on any atom is 0.333 e. The molecule has 5 nitrogen and oxygen atoms in total. The molecule has 0 bridgehead atoms. The number of carbonyl (C=O) groups is 2. The predicted octanol–water partition coefficient (Wildman–Crippen LogP) is 2.82. The van der Waals surface area contributed by atoms with Gasteiger partial charge in [-0.15, -0.1) is 0 Å². The Hall–Kier alpha value is -2.43. The number of aryl methyl sites for hydroxylation is 1. The summed E-state index contributed by atoms with van der Waals surface area (Å²) in [6.45, 7) is 7.01. The summed E-state index contributed by atoms with van der Waals surface area (Å²) in [5.41, 5.74) is 2.73. The van der Waals surface area contributed by atoms with Crippen LogP contribution in [0.15, 0.2) is 30.4 Å². The van der Waals surface area contributed by atoms with Gasteiger partial charge in [0.2, 0.25) is 0 Å². The van der Waals surface area contributed by atoms with Gasteiger partial charge in [0.1, 0.15) is 5.82 Å². The number of benzene rings is 1. The average molecular weight is 286 g/mol. The van der Waals surface area contributed by atoms with Gasteiger partial charge in [-0.2, -0.15) is 0 Å². The first-order valence-corrected chi connectivity index (χ1v) is 6.79. The number of hydrogen-bond acceptors (Lipinski definition) is 4. The van der Waals surface area contributed by atoms with Crippen molar-refractivity contribution in [2.24, 2.45) is 0 Å². The number of ketones is 1. The third-order valence-electron chi connectivity index (χ3n) is 3.08. The normalized spacial score (nSPS) is 10.6. The molecule has 110 valence electrons. The Morgan fingerprint density at radius 1 is 1.33 bits per heavy atom. The molecule has 0 aliphatic carbocycles. The fraction of sp³-hybridized carbons (Fsp3) is 0.312. The highest BCUT2D eigenvalue weighted by Gasteiger charge is 2.07. The van der Waals surface area contributed by atoms with Gasteiger partial charge >= 0.3 is 5.97 Å². The SMILES string of the molecule is C=C(C)C(=O)OCCCc1nc2ccc(C(C)=O)cc2[nH]1. The van der Waals surface area contributed by atoms with E-state index in [0.29, 0.717) is 30.6 Å². The number of esters is 1. The quantitative estimate of drug-likeness (QED) is 0.383. The lowest BCUT2D eigenvalue weighted by molar-refractivity contribution is -0.139. The third kappa shape index (κ3) is 3.78. The van der Waals surface area contributed by atoms with Crippen LogP contribution >= 0.6 is 0 Å². The lowest BCUT2D eigenvalue weighted by Gasteiger charge is -2.02. The van der Waals surface area contributed by atoms with Crippen LogP contribution in [-0.2, 0) is 16.0 Å². The maximum absolute atomic E-state index is 11.3. The Morgan fingerprint density at radius 2 is 2.10 bits per heavy atom. The number of ether oxygens (including phenoxy) is 1. The topological polar surface area (TPSA) is 72.0 Å². The second-order valence-electron chi connectivity index (χ2n) is 4.99. The van der Waals surface area contributed by atoms with E-state index in [-0.39, 0.29) is 11.8 Å². The summed E-state index contributed by atoms with van der Waals surface area (Å²) in [5, 5.41) is 0. The van der Waals surface area contributed by atoms with Crippen LogP contribution in [0.25, 0.3) is 11.0 Å². The molecule has 0 atom stereocenters. The van der Waals surface area contributed by atoms with Crippen LogP contribution in [-0.4, -0.2) is 28.3 Å². The molecular formula is C16H18N2O3. The summed E-state index contributed by atoms with van der Waals surface area (Å²) in [6.07, 6.45) is 1.35. The molecule has 2 aromatic rings. The van der Waals surface area contributed by atoms with Gasteiger partial charge in [0.15, 0.2) is 5.78 Å². The van der Waals surface area contributed by atoms with Crippen LogP contribution < -0.4 is 0 Å². The van der Waals surface area contributed by atoms with Crippen molar-refractivity contribution in [2.45, 2.75) is 26.7 Å². The van der Waals surface area contributed by atoms with Gasteiger partial charge in [-0.05, 0) is 38.5 Å². The van der Waals surface area contributed by atoms with Crippen LogP contribution in [0.1, 0.15) is 36.5 Å². The van der Waals surface area contributed by atoms with E-state index >= 15 is 0 Å². The van der Waals surface area contributed by atoms with Gasteiger partial charge in [0.05, 0.1) is 17.6 Å². The molecule has 21 heavy (non-hydrogen) atoms. The number of hydrogen-bond donors (Lipinski definition) is 1. The number of aromatic amines is 1. The lowest BCUT2D eigenvalue weighted by Crippen LogP contribution is -2.07. The highest BCUT2D eigenvalue weighted by molar-refractivity contribution is 5.97. The smallest absolute Gasteiger partial charge is 0.333 e. The third-order valence-corrected chi connectivity index (χ3v) is 3.08. The Bertz CT molecular complexity index is 701. The van der Waals surface area contributed by atoms with Gasteiger partial charge in [-0.3, -0.25) is 4.79 Å². The standard InChI is InChI=1S/C16H18N2O3/c1-10(2)16(20)21-8-4-5-15-17-13-7-6-12(11(3)19)9-14(13)18-15/h6-7,9H,1,4-5,8H2,2-3H3,(H,17,18). The monoisotopic (exact) mass is 286 g/mol. The minimum Gasteiger partial charge on any atom is -0.462 e. The first-order chi connectivity index (χ1) is 9.97. The number of fused-ring (bicyclic) bond motifs is 1. The van der Waals surface area contributed by atoms with Crippen molar-refractivity contribution in [3.05, 3.63) is 41.7 Å². The van der Waals surface area contributed by atoms with E-state index in [1.165, 1.54) is 6.92 Å². The molecule has 0 fully saturated rings. The average Bonchev–Trinajstić information content (AvgIpc) is 2.84. The summed E-state index contributed by atoms with van der Waals surface area (Å²) < 4.78 is 5.03. The van der Waals surface area contributed by atoms with Crippen LogP contribution in [0.3, 0.4) is 0 Å². The van der Waals surface area contributed by atoms with Crippen molar-refractivity contribution >= 4 is 22.8 Å². The Kier molecular flexibility index (Phi) is 4.52. The molecule has 0 spiro atoms. The van der Waals surface area contributed by atoms with Crippen molar-refractivity contribution in [1.82, 2.24) is 9.97 Å². The summed E-state index contributed by atoms with van der Waals surface area (Å²) >= 11 is 0. The van der Waals surface area contributed by atoms with Crippen LogP contribution in [0.5, 0.6) is 0 Å². The Balaban J connectivity index is 1.95. The molecule has 0 aliphatic heterocycles. The minimum absolute atomic E-state index is 0.0276. The van der Waals surface area contributed by atoms with E-state index in [1.54, 1.807) is 19.1 Å². The van der Waals surface area contributed by atoms with Gasteiger partial charge in [-0.1, -0.05) is 6.58 Å². The van der Waals surface area contributed by atoms with Crippen molar-refractivity contribution in [1.29, 1.82) is 0 Å². The molecular weight excluding hydrogens is 268 g/mol. The zero-order chi connectivity index (χ0) is 15.4. The van der Waals surface area contributed by atoms with Crippen LogP contribution in [0.2, 0.25) is 0 Å². The molecule has 1 N–H and O–H groups in total. The zero-order valence-corrected chi connectivity index (χ0v) is 12.2. The number of nitrogens with zero attached hydrogens (tertiary/aromatic N) is 1. The number of rotatable bonds is 6. The molecule has 1 aromatic carbocycles. The van der Waals surface area contributed by atoms with E-state index < -0.39 is 0 Å². The number of aromatic nitrogens is 2. The molecule has 1 aromatic heterocycles. The van der Waals surface area contributed by atoms with Crippen molar-refractivity contribution < 1.29 is 14.3 Å². The molecule has 5 heteroatoms. The maximum atomic E-state index is 11.3. The second-order valence-corrected chi connectivity index (χ2v) is 4.99.